The highest BCUT2D eigenvalue weighted by Crippen LogP contribution is 2.28. The van der Waals surface area contributed by atoms with Gasteiger partial charge in [0.2, 0.25) is 0 Å². The van der Waals surface area contributed by atoms with Crippen LogP contribution in [0, 0.1) is 5.82 Å². The molecule has 1 aromatic rings. The van der Waals surface area contributed by atoms with Crippen molar-refractivity contribution in [2.75, 3.05) is 14.2 Å². The number of Topliss-reactive ketones (excluding diaryl/α,β-unsaturated/α-hetero) is 1. The molecule has 5 heteroatoms. The zero-order valence-electron chi connectivity index (χ0n) is 10.4. The van der Waals surface area contributed by atoms with Gasteiger partial charge in [-0.2, -0.15) is 0 Å². The molecule has 0 unspecified atom stereocenters. The van der Waals surface area contributed by atoms with Crippen molar-refractivity contribution in [3.05, 3.63) is 53.2 Å². The first kappa shape index (κ1) is 13.0. The summed E-state index contributed by atoms with van der Waals surface area (Å²) in [5, 5.41) is 0. The molecule has 0 amide bonds. The Morgan fingerprint density at radius 3 is 2.16 bits per heavy atom. The fourth-order valence-corrected chi connectivity index (χ4v) is 1.83. The number of rotatable bonds is 3. The third-order valence-corrected chi connectivity index (χ3v) is 2.72. The van der Waals surface area contributed by atoms with Crippen molar-refractivity contribution in [2.24, 2.45) is 0 Å². The number of carbonyl (C=O) groups excluding carboxylic acids is 2. The third kappa shape index (κ3) is 2.27. The predicted molar refractivity (Wildman–Crippen MR) is 65.4 cm³/mol. The Bertz CT molecular complexity index is 596. The molecule has 0 aromatic heterocycles. The summed E-state index contributed by atoms with van der Waals surface area (Å²) < 4.78 is 22.7. The van der Waals surface area contributed by atoms with E-state index >= 15 is 0 Å². The molecule has 0 heterocycles. The minimum Gasteiger partial charge on any atom is -0.492 e. The molecule has 19 heavy (non-hydrogen) atoms. The van der Waals surface area contributed by atoms with Crippen molar-refractivity contribution in [3.63, 3.8) is 0 Å². The molecule has 2 rings (SSSR count). The largest absolute Gasteiger partial charge is 0.492 e. The lowest BCUT2D eigenvalue weighted by Gasteiger charge is -2.17. The van der Waals surface area contributed by atoms with Gasteiger partial charge in [-0.1, -0.05) is 12.1 Å². The van der Waals surface area contributed by atoms with Gasteiger partial charge in [0.15, 0.2) is 17.3 Å². The van der Waals surface area contributed by atoms with Crippen LogP contribution in [0.25, 0.3) is 5.57 Å². The first-order valence-corrected chi connectivity index (χ1v) is 5.47. The van der Waals surface area contributed by atoms with Crippen LogP contribution in [0.1, 0.15) is 5.56 Å². The molecule has 98 valence electrons. The van der Waals surface area contributed by atoms with Crippen molar-refractivity contribution < 1.29 is 23.5 Å². The monoisotopic (exact) mass is 262 g/mol. The van der Waals surface area contributed by atoms with Crippen molar-refractivity contribution in [3.8, 4) is 0 Å². The summed E-state index contributed by atoms with van der Waals surface area (Å²) in [6.07, 6.45) is 1.10. The van der Waals surface area contributed by atoms with E-state index < -0.39 is 17.4 Å². The van der Waals surface area contributed by atoms with Gasteiger partial charge in [-0.3, -0.25) is 9.59 Å². The summed E-state index contributed by atoms with van der Waals surface area (Å²) in [6, 6.07) is 5.26. The number of benzene rings is 1. The number of ether oxygens (including phenoxy) is 2. The highest BCUT2D eigenvalue weighted by molar-refractivity contribution is 6.36. The van der Waals surface area contributed by atoms with E-state index in [1.807, 2.05) is 0 Å². The van der Waals surface area contributed by atoms with E-state index in [1.165, 1.54) is 38.5 Å². The molecule has 0 aliphatic heterocycles. The summed E-state index contributed by atoms with van der Waals surface area (Å²) in [4.78, 5) is 24.0. The van der Waals surface area contributed by atoms with E-state index in [2.05, 4.69) is 0 Å². The summed E-state index contributed by atoms with van der Waals surface area (Å²) in [5.74, 6) is -1.53. The minimum atomic E-state index is -0.510. The topological polar surface area (TPSA) is 52.6 Å². The lowest BCUT2D eigenvalue weighted by molar-refractivity contribution is -0.119. The van der Waals surface area contributed by atoms with Gasteiger partial charge in [0.05, 0.1) is 19.8 Å². The van der Waals surface area contributed by atoms with Crippen molar-refractivity contribution in [2.45, 2.75) is 0 Å². The van der Waals surface area contributed by atoms with E-state index in [0.717, 1.165) is 6.08 Å². The SMILES string of the molecule is COC1=CC(=O)C(c2ccc(F)cc2)=C(OC)C1=O. The summed E-state index contributed by atoms with van der Waals surface area (Å²) in [6.45, 7) is 0. The lowest BCUT2D eigenvalue weighted by atomic mass is 9.94. The van der Waals surface area contributed by atoms with Gasteiger partial charge in [0, 0.05) is 6.08 Å². The maximum Gasteiger partial charge on any atom is 0.262 e. The van der Waals surface area contributed by atoms with Crippen LogP contribution < -0.4 is 0 Å². The van der Waals surface area contributed by atoms with E-state index in [1.54, 1.807) is 0 Å². The Morgan fingerprint density at radius 2 is 1.63 bits per heavy atom. The van der Waals surface area contributed by atoms with Crippen LogP contribution in [-0.4, -0.2) is 25.8 Å². The molecule has 0 atom stereocenters. The number of ketones is 2. The molecular formula is C14H11FO4. The first-order valence-electron chi connectivity index (χ1n) is 5.47. The Morgan fingerprint density at radius 1 is 1.00 bits per heavy atom. The quantitative estimate of drug-likeness (QED) is 0.780. The van der Waals surface area contributed by atoms with Crippen LogP contribution in [0.15, 0.2) is 41.9 Å². The Balaban J connectivity index is 2.56. The Hall–Kier alpha value is -2.43. The highest BCUT2D eigenvalue weighted by atomic mass is 19.1. The van der Waals surface area contributed by atoms with Gasteiger partial charge in [-0.25, -0.2) is 4.39 Å². The molecule has 0 fully saturated rings. The highest BCUT2D eigenvalue weighted by Gasteiger charge is 2.31. The summed E-state index contributed by atoms with van der Waals surface area (Å²) >= 11 is 0. The van der Waals surface area contributed by atoms with Gasteiger partial charge in [-0.05, 0) is 17.7 Å². The van der Waals surface area contributed by atoms with E-state index in [0.29, 0.717) is 5.56 Å². The second-order valence-corrected chi connectivity index (χ2v) is 3.82. The molecule has 0 saturated carbocycles. The number of halogens is 1. The van der Waals surface area contributed by atoms with Crippen molar-refractivity contribution in [1.29, 1.82) is 0 Å². The number of hydrogen-bond donors (Lipinski definition) is 0. The van der Waals surface area contributed by atoms with Crippen LogP contribution >= 0.6 is 0 Å². The average molecular weight is 262 g/mol. The maximum atomic E-state index is 12.9. The molecule has 0 radical (unpaired) electrons. The molecule has 0 spiro atoms. The lowest BCUT2D eigenvalue weighted by Crippen LogP contribution is -2.20. The number of methoxy groups -OCH3 is 2. The van der Waals surface area contributed by atoms with Crippen molar-refractivity contribution in [1.82, 2.24) is 0 Å². The fraction of sp³-hybridized carbons (Fsp3) is 0.143. The smallest absolute Gasteiger partial charge is 0.262 e. The van der Waals surface area contributed by atoms with Crippen molar-refractivity contribution >= 4 is 17.1 Å². The van der Waals surface area contributed by atoms with Gasteiger partial charge in [-0.15, -0.1) is 0 Å². The molecule has 1 aromatic carbocycles. The molecule has 1 aliphatic rings. The van der Waals surface area contributed by atoms with E-state index in [9.17, 15) is 14.0 Å². The average Bonchev–Trinajstić information content (AvgIpc) is 2.41. The van der Waals surface area contributed by atoms with Crippen LogP contribution in [0.4, 0.5) is 4.39 Å². The van der Waals surface area contributed by atoms with Crippen LogP contribution in [0.2, 0.25) is 0 Å². The zero-order valence-corrected chi connectivity index (χ0v) is 10.4. The summed E-state index contributed by atoms with van der Waals surface area (Å²) in [7, 11) is 2.59. The molecule has 4 nitrogen and oxygen atoms in total. The fourth-order valence-electron chi connectivity index (χ4n) is 1.83. The Kier molecular flexibility index (Phi) is 3.46. The second kappa shape index (κ2) is 5.06. The minimum absolute atomic E-state index is 0.0762. The van der Waals surface area contributed by atoms with Crippen LogP contribution in [0.5, 0.6) is 0 Å². The van der Waals surface area contributed by atoms with Gasteiger partial charge in [0.25, 0.3) is 5.78 Å². The molecule has 0 bridgehead atoms. The van der Waals surface area contributed by atoms with Gasteiger partial charge < -0.3 is 9.47 Å². The predicted octanol–water partition coefficient (Wildman–Crippen LogP) is 1.87. The molecule has 0 saturated heterocycles. The van der Waals surface area contributed by atoms with Crippen LogP contribution in [-0.2, 0) is 19.1 Å². The number of hydrogen-bond acceptors (Lipinski definition) is 4. The van der Waals surface area contributed by atoms with Gasteiger partial charge >= 0.3 is 0 Å². The normalized spacial score (nSPS) is 15.4. The van der Waals surface area contributed by atoms with E-state index in [-0.39, 0.29) is 17.1 Å². The zero-order chi connectivity index (χ0) is 14.0. The molecule has 0 N–H and O–H groups in total. The second-order valence-electron chi connectivity index (χ2n) is 3.82. The number of allylic oxidation sites excluding steroid dienone is 2. The standard InChI is InChI=1S/C14H11FO4/c1-18-11-7-10(16)12(14(19-2)13(11)17)8-3-5-9(15)6-4-8/h3-7H,1-2H3. The molecule has 1 aliphatic carbocycles. The third-order valence-electron chi connectivity index (χ3n) is 2.72. The maximum absolute atomic E-state index is 12.9. The Labute approximate surface area is 109 Å². The summed E-state index contributed by atoms with van der Waals surface area (Å²) in [5.41, 5.74) is 0.524. The first-order chi connectivity index (χ1) is 9.08. The number of carbonyl (C=O) groups is 2. The van der Waals surface area contributed by atoms with E-state index in [4.69, 9.17) is 9.47 Å². The van der Waals surface area contributed by atoms with Crippen LogP contribution in [0.3, 0.4) is 0 Å². The molecular weight excluding hydrogens is 251 g/mol. The van der Waals surface area contributed by atoms with Gasteiger partial charge in [0.1, 0.15) is 5.82 Å².